The predicted molar refractivity (Wildman–Crippen MR) is 91.3 cm³/mol. The van der Waals surface area contributed by atoms with Gasteiger partial charge in [-0.25, -0.2) is 4.98 Å². The summed E-state index contributed by atoms with van der Waals surface area (Å²) in [5.41, 5.74) is 2.52. The molecule has 23 heavy (non-hydrogen) atoms. The lowest BCUT2D eigenvalue weighted by Crippen LogP contribution is -2.39. The van der Waals surface area contributed by atoms with E-state index in [9.17, 15) is 0 Å². The van der Waals surface area contributed by atoms with Gasteiger partial charge in [-0.3, -0.25) is 4.90 Å². The molecule has 1 saturated heterocycles. The van der Waals surface area contributed by atoms with Gasteiger partial charge in [-0.2, -0.15) is 0 Å². The lowest BCUT2D eigenvalue weighted by Gasteiger charge is -2.32. The Morgan fingerprint density at radius 3 is 2.91 bits per heavy atom. The van der Waals surface area contributed by atoms with Crippen LogP contribution in [0.15, 0.2) is 36.5 Å². The van der Waals surface area contributed by atoms with Crippen LogP contribution in [0.1, 0.15) is 23.2 Å². The minimum Gasteiger partial charge on any atom is -0.368 e. The van der Waals surface area contributed by atoms with E-state index in [1.807, 2.05) is 6.20 Å². The highest BCUT2D eigenvalue weighted by molar-refractivity contribution is 5.15. The predicted octanol–water partition coefficient (Wildman–Crippen LogP) is 2.09. The number of aromatic amines is 1. The van der Waals surface area contributed by atoms with E-state index >= 15 is 0 Å². The molecule has 1 aliphatic rings. The number of imidazole rings is 1. The molecule has 124 valence electrons. The van der Waals surface area contributed by atoms with Crippen molar-refractivity contribution in [2.24, 2.45) is 0 Å². The molecule has 1 N–H and O–H groups in total. The number of H-pyrrole nitrogens is 1. The summed E-state index contributed by atoms with van der Waals surface area (Å²) < 4.78 is 5.92. The number of hydrogen-bond acceptors (Lipinski definition) is 4. The Hall–Kier alpha value is -1.69. The molecule has 0 saturated carbocycles. The van der Waals surface area contributed by atoms with E-state index in [1.54, 1.807) is 0 Å². The fourth-order valence-corrected chi connectivity index (χ4v) is 2.96. The molecule has 2 heterocycles. The molecule has 3 rings (SSSR count). The van der Waals surface area contributed by atoms with Crippen LogP contribution in [0.25, 0.3) is 0 Å². The molecule has 0 spiro atoms. The summed E-state index contributed by atoms with van der Waals surface area (Å²) in [6, 6.07) is 10.7. The fourth-order valence-electron chi connectivity index (χ4n) is 2.96. The van der Waals surface area contributed by atoms with Crippen molar-refractivity contribution >= 4 is 0 Å². The van der Waals surface area contributed by atoms with Gasteiger partial charge in [0.1, 0.15) is 11.9 Å². The SMILES string of the molecule is CN(C)Cc1cnc([C@@H]2CN(CCc3ccccc3)CCO2)[nH]1. The molecule has 0 aliphatic carbocycles. The lowest BCUT2D eigenvalue weighted by atomic mass is 10.1. The highest BCUT2D eigenvalue weighted by Gasteiger charge is 2.24. The Balaban J connectivity index is 1.54. The summed E-state index contributed by atoms with van der Waals surface area (Å²) in [7, 11) is 4.12. The average molecular weight is 314 g/mol. The molecule has 0 amide bonds. The van der Waals surface area contributed by atoms with Gasteiger partial charge in [-0.05, 0) is 26.1 Å². The number of aromatic nitrogens is 2. The number of morpholine rings is 1. The van der Waals surface area contributed by atoms with Crippen molar-refractivity contribution in [2.45, 2.75) is 19.1 Å². The summed E-state index contributed by atoms with van der Waals surface area (Å²) >= 11 is 0. The first-order valence-electron chi connectivity index (χ1n) is 8.27. The summed E-state index contributed by atoms with van der Waals surface area (Å²) in [5.74, 6) is 0.950. The summed E-state index contributed by atoms with van der Waals surface area (Å²) in [6.45, 7) is 4.60. The zero-order valence-electron chi connectivity index (χ0n) is 14.0. The molecule has 0 bridgehead atoms. The highest BCUT2D eigenvalue weighted by atomic mass is 16.5. The minimum absolute atomic E-state index is 0.0513. The molecule has 1 aromatic heterocycles. The topological polar surface area (TPSA) is 44.4 Å². The maximum Gasteiger partial charge on any atom is 0.136 e. The molecule has 2 aromatic rings. The smallest absolute Gasteiger partial charge is 0.136 e. The quantitative estimate of drug-likeness (QED) is 0.887. The van der Waals surface area contributed by atoms with Gasteiger partial charge in [-0.15, -0.1) is 0 Å². The second-order valence-corrected chi connectivity index (χ2v) is 6.43. The van der Waals surface area contributed by atoms with Gasteiger partial charge in [0, 0.05) is 38.1 Å². The Kier molecular flexibility index (Phi) is 5.43. The molecule has 5 nitrogen and oxygen atoms in total. The van der Waals surface area contributed by atoms with E-state index in [1.165, 1.54) is 5.56 Å². The fraction of sp³-hybridized carbons (Fsp3) is 0.500. The molecule has 1 aromatic carbocycles. The summed E-state index contributed by atoms with van der Waals surface area (Å²) in [4.78, 5) is 12.5. The van der Waals surface area contributed by atoms with Crippen LogP contribution in [0.2, 0.25) is 0 Å². The molecular weight excluding hydrogens is 288 g/mol. The van der Waals surface area contributed by atoms with Crippen LogP contribution in [0, 0.1) is 0 Å². The Bertz CT molecular complexity index is 596. The molecule has 5 heteroatoms. The van der Waals surface area contributed by atoms with Crippen LogP contribution in [0.3, 0.4) is 0 Å². The number of nitrogens with one attached hydrogen (secondary N) is 1. The first kappa shape index (κ1) is 16.2. The van der Waals surface area contributed by atoms with E-state index < -0.39 is 0 Å². The van der Waals surface area contributed by atoms with E-state index in [0.717, 1.165) is 50.7 Å². The zero-order chi connectivity index (χ0) is 16.1. The normalized spacial score (nSPS) is 19.3. The molecule has 0 radical (unpaired) electrons. The number of rotatable bonds is 6. The maximum absolute atomic E-state index is 5.92. The highest BCUT2D eigenvalue weighted by Crippen LogP contribution is 2.20. The van der Waals surface area contributed by atoms with Crippen LogP contribution in [-0.2, 0) is 17.7 Å². The van der Waals surface area contributed by atoms with Gasteiger partial charge in [-0.1, -0.05) is 30.3 Å². The Morgan fingerprint density at radius 2 is 2.13 bits per heavy atom. The van der Waals surface area contributed by atoms with Gasteiger partial charge in [0.05, 0.1) is 6.61 Å². The number of hydrogen-bond donors (Lipinski definition) is 1. The number of benzene rings is 1. The van der Waals surface area contributed by atoms with Gasteiger partial charge in [0.2, 0.25) is 0 Å². The Labute approximate surface area is 138 Å². The van der Waals surface area contributed by atoms with Crippen molar-refractivity contribution in [1.29, 1.82) is 0 Å². The van der Waals surface area contributed by atoms with Crippen LogP contribution in [-0.4, -0.2) is 60.1 Å². The summed E-state index contributed by atoms with van der Waals surface area (Å²) in [5, 5.41) is 0. The standard InChI is InChI=1S/C18H26N4O/c1-21(2)13-16-12-19-18(20-16)17-14-22(10-11-23-17)9-8-15-6-4-3-5-7-15/h3-7,12,17H,8-11,13-14H2,1-2H3,(H,19,20)/t17-/m0/s1. The largest absolute Gasteiger partial charge is 0.368 e. The first-order valence-corrected chi connectivity index (χ1v) is 8.27. The van der Waals surface area contributed by atoms with E-state index in [0.29, 0.717) is 0 Å². The van der Waals surface area contributed by atoms with Crippen molar-refractivity contribution in [3.05, 3.63) is 53.6 Å². The average Bonchev–Trinajstić information content (AvgIpc) is 3.02. The molecule has 1 aliphatic heterocycles. The van der Waals surface area contributed by atoms with Crippen molar-refractivity contribution in [3.63, 3.8) is 0 Å². The Morgan fingerprint density at radius 1 is 1.30 bits per heavy atom. The lowest BCUT2D eigenvalue weighted by molar-refractivity contribution is -0.0336. The van der Waals surface area contributed by atoms with Gasteiger partial charge in [0.25, 0.3) is 0 Å². The molecule has 1 atom stereocenters. The monoisotopic (exact) mass is 314 g/mol. The van der Waals surface area contributed by atoms with Crippen molar-refractivity contribution in [2.75, 3.05) is 40.3 Å². The van der Waals surface area contributed by atoms with Gasteiger partial charge < -0.3 is 14.6 Å². The second kappa shape index (κ2) is 7.73. The third-order valence-corrected chi connectivity index (χ3v) is 4.15. The second-order valence-electron chi connectivity index (χ2n) is 6.43. The molecular formula is C18H26N4O. The van der Waals surface area contributed by atoms with Crippen LogP contribution >= 0.6 is 0 Å². The van der Waals surface area contributed by atoms with Gasteiger partial charge in [0.15, 0.2) is 0 Å². The third kappa shape index (κ3) is 4.64. The van der Waals surface area contributed by atoms with Crippen molar-refractivity contribution in [1.82, 2.24) is 19.8 Å². The van der Waals surface area contributed by atoms with Gasteiger partial charge >= 0.3 is 0 Å². The van der Waals surface area contributed by atoms with Crippen LogP contribution in [0.4, 0.5) is 0 Å². The number of ether oxygens (including phenoxy) is 1. The minimum atomic E-state index is 0.0513. The van der Waals surface area contributed by atoms with E-state index in [-0.39, 0.29) is 6.10 Å². The van der Waals surface area contributed by atoms with Crippen LogP contribution in [0.5, 0.6) is 0 Å². The zero-order valence-corrected chi connectivity index (χ0v) is 14.0. The van der Waals surface area contributed by atoms with E-state index in [2.05, 4.69) is 64.2 Å². The number of nitrogens with zero attached hydrogens (tertiary/aromatic N) is 3. The van der Waals surface area contributed by atoms with Crippen molar-refractivity contribution < 1.29 is 4.74 Å². The van der Waals surface area contributed by atoms with Crippen molar-refractivity contribution in [3.8, 4) is 0 Å². The first-order chi connectivity index (χ1) is 11.2. The third-order valence-electron chi connectivity index (χ3n) is 4.15. The molecule has 1 fully saturated rings. The maximum atomic E-state index is 5.92. The van der Waals surface area contributed by atoms with Crippen LogP contribution < -0.4 is 0 Å². The summed E-state index contributed by atoms with van der Waals surface area (Å²) in [6.07, 6.45) is 3.05. The van der Waals surface area contributed by atoms with E-state index in [4.69, 9.17) is 4.74 Å². The molecule has 0 unspecified atom stereocenters.